The molecule has 0 unspecified atom stereocenters. The van der Waals surface area contributed by atoms with Crippen molar-refractivity contribution in [1.29, 1.82) is 0 Å². The minimum atomic E-state index is 0.0515. The van der Waals surface area contributed by atoms with Crippen LogP contribution in [0.4, 0.5) is 5.69 Å². The van der Waals surface area contributed by atoms with Gasteiger partial charge in [-0.15, -0.1) is 0 Å². The Morgan fingerprint density at radius 3 is 2.09 bits per heavy atom. The van der Waals surface area contributed by atoms with Gasteiger partial charge in [0.15, 0.2) is 0 Å². The summed E-state index contributed by atoms with van der Waals surface area (Å²) >= 11 is 1.55. The average Bonchev–Trinajstić information content (AvgIpc) is 2.56. The summed E-state index contributed by atoms with van der Waals surface area (Å²) in [7, 11) is 0. The highest BCUT2D eigenvalue weighted by atomic mass is 32.2. The number of phenolic OH excluding ortho intramolecular Hbond substituents is 2. The van der Waals surface area contributed by atoms with Crippen LogP contribution in [0.5, 0.6) is 11.5 Å². The molecule has 3 aromatic carbocycles. The molecule has 0 aromatic heterocycles. The van der Waals surface area contributed by atoms with Crippen molar-refractivity contribution >= 4 is 17.6 Å². The van der Waals surface area contributed by atoms with E-state index in [0.717, 1.165) is 10.5 Å². The molecule has 0 aliphatic rings. The molecule has 116 valence electrons. The van der Waals surface area contributed by atoms with Crippen LogP contribution in [0.15, 0.2) is 83.8 Å². The van der Waals surface area contributed by atoms with Crippen LogP contribution in [0.3, 0.4) is 0 Å². The van der Waals surface area contributed by atoms with Gasteiger partial charge in [-0.2, -0.15) is 0 Å². The van der Waals surface area contributed by atoms with E-state index in [1.807, 2.05) is 52.8 Å². The highest BCUT2D eigenvalue weighted by Crippen LogP contribution is 2.38. The van der Waals surface area contributed by atoms with Gasteiger partial charge in [0.2, 0.25) is 0 Å². The first-order valence-electron chi connectivity index (χ1n) is 7.29. The van der Waals surface area contributed by atoms with Gasteiger partial charge in [-0.1, -0.05) is 48.5 Å². The van der Waals surface area contributed by atoms with Gasteiger partial charge in [0.25, 0.3) is 0 Å². The molecular formula is C19H17NO2S. The second-order valence-electron chi connectivity index (χ2n) is 5.10. The SMILES string of the molecule is Oc1ccc(N(Cc2ccccc2)Sc2ccccc2)c(O)c1. The Morgan fingerprint density at radius 1 is 0.783 bits per heavy atom. The smallest absolute Gasteiger partial charge is 0.143 e. The van der Waals surface area contributed by atoms with E-state index in [0.29, 0.717) is 12.2 Å². The molecule has 0 spiro atoms. The third-order valence-electron chi connectivity index (χ3n) is 3.36. The third-order valence-corrected chi connectivity index (χ3v) is 4.38. The Hall–Kier alpha value is -2.59. The van der Waals surface area contributed by atoms with Crippen molar-refractivity contribution < 1.29 is 10.2 Å². The zero-order valence-electron chi connectivity index (χ0n) is 12.5. The van der Waals surface area contributed by atoms with E-state index in [-0.39, 0.29) is 11.5 Å². The van der Waals surface area contributed by atoms with Crippen LogP contribution >= 0.6 is 11.9 Å². The number of hydrogen-bond donors (Lipinski definition) is 2. The number of aromatic hydroxyl groups is 2. The standard InChI is InChI=1S/C19H17NO2S/c21-16-11-12-18(19(22)13-16)20(14-15-7-3-1-4-8-15)23-17-9-5-2-6-10-17/h1-13,21-22H,14H2. The highest BCUT2D eigenvalue weighted by Gasteiger charge is 2.14. The maximum atomic E-state index is 10.2. The Kier molecular flexibility index (Phi) is 4.74. The van der Waals surface area contributed by atoms with Crippen LogP contribution in [0, 0.1) is 0 Å². The van der Waals surface area contributed by atoms with E-state index in [9.17, 15) is 10.2 Å². The normalized spacial score (nSPS) is 10.4. The Bertz CT molecular complexity index is 721. The lowest BCUT2D eigenvalue weighted by Gasteiger charge is -2.24. The van der Waals surface area contributed by atoms with Crippen LogP contribution in [0.1, 0.15) is 5.56 Å². The molecule has 3 nitrogen and oxygen atoms in total. The molecule has 0 aliphatic carbocycles. The fraction of sp³-hybridized carbons (Fsp3) is 0.0526. The summed E-state index contributed by atoms with van der Waals surface area (Å²) < 4.78 is 2.01. The molecular weight excluding hydrogens is 306 g/mol. The lowest BCUT2D eigenvalue weighted by Crippen LogP contribution is -2.13. The summed E-state index contributed by atoms with van der Waals surface area (Å²) in [4.78, 5) is 1.08. The van der Waals surface area contributed by atoms with Crippen molar-refractivity contribution in [3.63, 3.8) is 0 Å². The summed E-state index contributed by atoms with van der Waals surface area (Å²) in [6, 6.07) is 24.8. The van der Waals surface area contributed by atoms with Gasteiger partial charge in [0.1, 0.15) is 11.5 Å². The largest absolute Gasteiger partial charge is 0.508 e. The molecule has 0 radical (unpaired) electrons. The predicted molar refractivity (Wildman–Crippen MR) is 94.7 cm³/mol. The van der Waals surface area contributed by atoms with Crippen LogP contribution < -0.4 is 4.31 Å². The molecule has 23 heavy (non-hydrogen) atoms. The first kappa shape index (κ1) is 15.3. The van der Waals surface area contributed by atoms with E-state index in [1.165, 1.54) is 6.07 Å². The van der Waals surface area contributed by atoms with Gasteiger partial charge in [-0.05, 0) is 41.8 Å². The molecule has 2 N–H and O–H groups in total. The Morgan fingerprint density at radius 2 is 1.43 bits per heavy atom. The molecule has 3 aromatic rings. The third kappa shape index (κ3) is 3.99. The Labute approximate surface area is 140 Å². The number of hydrogen-bond acceptors (Lipinski definition) is 4. The fourth-order valence-electron chi connectivity index (χ4n) is 2.25. The molecule has 4 heteroatoms. The minimum Gasteiger partial charge on any atom is -0.508 e. The maximum absolute atomic E-state index is 10.2. The topological polar surface area (TPSA) is 43.7 Å². The summed E-state index contributed by atoms with van der Waals surface area (Å²) in [6.07, 6.45) is 0. The van der Waals surface area contributed by atoms with E-state index in [2.05, 4.69) is 12.1 Å². The monoisotopic (exact) mass is 323 g/mol. The zero-order valence-corrected chi connectivity index (χ0v) is 13.3. The van der Waals surface area contributed by atoms with Gasteiger partial charge in [-0.3, -0.25) is 0 Å². The first-order valence-corrected chi connectivity index (χ1v) is 8.06. The van der Waals surface area contributed by atoms with Crippen molar-refractivity contribution in [1.82, 2.24) is 0 Å². The number of phenols is 2. The number of rotatable bonds is 5. The Balaban J connectivity index is 1.92. The van der Waals surface area contributed by atoms with Gasteiger partial charge in [0, 0.05) is 11.0 Å². The van der Waals surface area contributed by atoms with Gasteiger partial charge >= 0.3 is 0 Å². The van der Waals surface area contributed by atoms with Gasteiger partial charge in [0.05, 0.1) is 12.2 Å². The molecule has 0 fully saturated rings. The molecule has 0 heterocycles. The van der Waals surface area contributed by atoms with Crippen molar-refractivity contribution in [2.45, 2.75) is 11.4 Å². The van der Waals surface area contributed by atoms with Crippen molar-refractivity contribution in [3.8, 4) is 11.5 Å². The second-order valence-corrected chi connectivity index (χ2v) is 6.19. The number of anilines is 1. The summed E-state index contributed by atoms with van der Waals surface area (Å²) in [6.45, 7) is 0.638. The summed E-state index contributed by atoms with van der Waals surface area (Å²) in [5.74, 6) is 0.111. The summed E-state index contributed by atoms with van der Waals surface area (Å²) in [5, 5.41) is 19.7. The minimum absolute atomic E-state index is 0.0515. The van der Waals surface area contributed by atoms with Crippen molar-refractivity contribution in [2.24, 2.45) is 0 Å². The maximum Gasteiger partial charge on any atom is 0.143 e. The molecule has 0 bridgehead atoms. The quantitative estimate of drug-likeness (QED) is 0.661. The molecule has 0 saturated carbocycles. The van der Waals surface area contributed by atoms with E-state index < -0.39 is 0 Å². The highest BCUT2D eigenvalue weighted by molar-refractivity contribution is 8.00. The van der Waals surface area contributed by atoms with E-state index in [4.69, 9.17) is 0 Å². The zero-order chi connectivity index (χ0) is 16.1. The lowest BCUT2D eigenvalue weighted by molar-refractivity contribution is 0.451. The van der Waals surface area contributed by atoms with Crippen LogP contribution in [0.2, 0.25) is 0 Å². The van der Waals surface area contributed by atoms with Crippen LogP contribution in [-0.2, 0) is 6.54 Å². The van der Waals surface area contributed by atoms with E-state index >= 15 is 0 Å². The van der Waals surface area contributed by atoms with Gasteiger partial charge in [-0.25, -0.2) is 0 Å². The second kappa shape index (κ2) is 7.11. The van der Waals surface area contributed by atoms with Crippen LogP contribution in [0.25, 0.3) is 0 Å². The van der Waals surface area contributed by atoms with Crippen LogP contribution in [-0.4, -0.2) is 10.2 Å². The fourth-order valence-corrected chi connectivity index (χ4v) is 3.25. The predicted octanol–water partition coefficient (Wildman–Crippen LogP) is 4.81. The molecule has 0 amide bonds. The van der Waals surface area contributed by atoms with Gasteiger partial charge < -0.3 is 14.5 Å². The van der Waals surface area contributed by atoms with Crippen molar-refractivity contribution in [3.05, 3.63) is 84.4 Å². The summed E-state index contributed by atoms with van der Waals surface area (Å²) in [5.41, 5.74) is 1.81. The molecule has 0 aliphatic heterocycles. The average molecular weight is 323 g/mol. The van der Waals surface area contributed by atoms with Crippen molar-refractivity contribution in [2.75, 3.05) is 4.31 Å². The first-order chi connectivity index (χ1) is 11.2. The number of nitrogens with zero attached hydrogens (tertiary/aromatic N) is 1. The molecule has 3 rings (SSSR count). The molecule has 0 atom stereocenters. The lowest BCUT2D eigenvalue weighted by atomic mass is 10.2. The molecule has 0 saturated heterocycles. The number of benzene rings is 3. The van der Waals surface area contributed by atoms with E-state index in [1.54, 1.807) is 24.1 Å².